The Morgan fingerprint density at radius 3 is 0.863 bits per heavy atom. The van der Waals surface area contributed by atoms with Crippen LogP contribution in [0.4, 0.5) is 0 Å². The fraction of sp³-hybridized carbons (Fsp3) is 0.290. The van der Waals surface area contributed by atoms with Gasteiger partial charge in [0.05, 0.1) is 36.0 Å². The molecule has 0 spiro atoms. The first-order valence-electron chi connectivity index (χ1n) is 43.2. The Hall–Kier alpha value is -15.4. The van der Waals surface area contributed by atoms with Gasteiger partial charge in [0.25, 0.3) is 53.8 Å². The molecule has 3 amide bonds. The molecule has 0 fully saturated rings. The van der Waals surface area contributed by atoms with Crippen LogP contribution in [0.2, 0.25) is 0 Å². The van der Waals surface area contributed by atoms with E-state index < -0.39 is 182 Å². The molecule has 36 nitrogen and oxygen atoms in total. The number of Topliss-reactive ketones (excluding diaryl/α,β-unsaturated/α-hetero) is 3. The number of amidine groups is 1. The molecule has 6 heterocycles. The number of hydrogen-bond acceptors (Lipinski definition) is 30. The van der Waals surface area contributed by atoms with Crippen LogP contribution >= 0.6 is 0 Å². The smallest absolute Gasteiger partial charge is 0.375 e. The molecule has 6 aliphatic heterocycles. The number of amides is 3. The first kappa shape index (κ1) is 103. The van der Waals surface area contributed by atoms with Gasteiger partial charge in [0.2, 0.25) is 17.3 Å². The number of esters is 4. The van der Waals surface area contributed by atoms with Crippen molar-refractivity contribution >= 4 is 107 Å². The molecule has 0 saturated heterocycles. The number of sulfonamides is 3. The Morgan fingerprint density at radius 2 is 0.633 bits per heavy atom. The Kier molecular flexibility index (Phi) is 29.9. The van der Waals surface area contributed by atoms with Crippen LogP contribution in [0.25, 0.3) is 0 Å². The number of carboxylic acid groups (broad SMARTS) is 2. The zero-order valence-corrected chi connectivity index (χ0v) is 80.0. The maximum Gasteiger partial charge on any atom is 0.375 e. The van der Waals surface area contributed by atoms with E-state index in [1.807, 2.05) is 71.0 Å². The van der Waals surface area contributed by atoms with Gasteiger partial charge in [0.15, 0.2) is 52.6 Å². The fourth-order valence-electron chi connectivity index (χ4n) is 14.9. The summed E-state index contributed by atoms with van der Waals surface area (Å²) in [6.07, 6.45) is -0.816. The molecular weight excluding hydrogens is 1860 g/mol. The summed E-state index contributed by atoms with van der Waals surface area (Å²) in [5.41, 5.74) is 0.341. The molecule has 139 heavy (non-hydrogen) atoms. The highest BCUT2D eigenvalue weighted by molar-refractivity contribution is 7.91. The molecule has 9 aromatic carbocycles. The average molecular weight is 1960 g/mol. The highest BCUT2D eigenvalue weighted by atomic mass is 32.2. The molecule has 0 aliphatic carbocycles. The highest BCUT2D eigenvalue weighted by Crippen LogP contribution is 2.55. The van der Waals surface area contributed by atoms with Gasteiger partial charge in [-0.15, -0.1) is 0 Å². The Morgan fingerprint density at radius 1 is 0.388 bits per heavy atom. The molecule has 0 saturated carbocycles. The number of carboxylic acids is 2. The summed E-state index contributed by atoms with van der Waals surface area (Å²) in [5.74, 6) is -20.5. The number of carbonyl (C=O) groups is 12. The molecule has 0 unspecified atom stereocenters. The molecule has 6 aliphatic rings. The van der Waals surface area contributed by atoms with Gasteiger partial charge < -0.3 is 67.6 Å². The number of rotatable bonds is 27. The summed E-state index contributed by atoms with van der Waals surface area (Å²) >= 11 is 0. The van der Waals surface area contributed by atoms with Crippen molar-refractivity contribution in [2.75, 3.05) is 13.2 Å². The molecule has 15 rings (SSSR count). The number of ether oxygens (including phenoxy) is 11. The van der Waals surface area contributed by atoms with Crippen LogP contribution in [0.15, 0.2) is 263 Å². The van der Waals surface area contributed by atoms with Crippen LogP contribution in [-0.4, -0.2) is 186 Å². The van der Waals surface area contributed by atoms with Crippen LogP contribution in [0.5, 0.6) is 34.5 Å². The van der Waals surface area contributed by atoms with Crippen molar-refractivity contribution in [3.8, 4) is 34.5 Å². The highest BCUT2D eigenvalue weighted by Gasteiger charge is 2.58. The van der Waals surface area contributed by atoms with E-state index in [0.717, 1.165) is 18.2 Å². The van der Waals surface area contributed by atoms with Crippen molar-refractivity contribution in [3.05, 3.63) is 294 Å². The SMILES string of the molecule is C=CCOC(=O)[C@H](CC(=O)C(=O)O)N1C(=O)c2cc3c(cc2S1(=O)=O)OC(c1ccccc1)(c1ccccc1)O3.C=CCOC(=O)[C@H](CC(=O)C(=O)OC(C)(C)C)N1C(=O)c2cc3c(cc2S1(=O)=O)OC(c1ccccc1)(c1ccccc1)O3.CC(C)(C)OC(=O)C(=O)C[C@@H](C(=O)O)N1C(=O)c2cc3c(cc2S1(=O)=O)OC(c1ccccc1)(c1ccccc1)O3.CC(C)N=C(NC(C)C)OC(C)(C)C. The maximum absolute atomic E-state index is 13.8. The summed E-state index contributed by atoms with van der Waals surface area (Å²) in [7, 11) is -14.3. The number of carbonyl (C=O) groups excluding carboxylic acids is 10. The summed E-state index contributed by atoms with van der Waals surface area (Å²) < 4.78 is 146. The third-order valence-corrected chi connectivity index (χ3v) is 26.2. The van der Waals surface area contributed by atoms with Crippen molar-refractivity contribution in [1.29, 1.82) is 0 Å². The second-order valence-corrected chi connectivity index (χ2v) is 40.7. The second kappa shape index (κ2) is 40.5. The molecule has 3 N–H and O–H groups in total. The minimum absolute atomic E-state index is 0.00591. The van der Waals surface area contributed by atoms with Gasteiger partial charge in [-0.1, -0.05) is 207 Å². The summed E-state index contributed by atoms with van der Waals surface area (Å²) in [4.78, 5) is 154. The van der Waals surface area contributed by atoms with Gasteiger partial charge in [-0.25, -0.2) is 71.9 Å². The molecule has 3 atom stereocenters. The van der Waals surface area contributed by atoms with Gasteiger partial charge in [-0.2, -0.15) is 0 Å². The van der Waals surface area contributed by atoms with Crippen LogP contribution in [-0.2, 0) is 114 Å². The van der Waals surface area contributed by atoms with E-state index in [1.54, 1.807) is 146 Å². The third kappa shape index (κ3) is 21.9. The van der Waals surface area contributed by atoms with Gasteiger partial charge in [0.1, 0.15) is 44.7 Å². The average Bonchev–Trinajstić information content (AvgIpc) is 1.56. The molecular formula is C100H99N5O31S3. The molecule has 728 valence electrons. The summed E-state index contributed by atoms with van der Waals surface area (Å²) in [6.45, 7) is 29.5. The minimum Gasteiger partial charge on any atom is -0.480 e. The number of benzene rings is 9. The van der Waals surface area contributed by atoms with Crippen molar-refractivity contribution in [2.45, 2.75) is 188 Å². The normalized spacial score (nSPS) is 16.4. The van der Waals surface area contributed by atoms with Crippen LogP contribution in [0.1, 0.15) is 174 Å². The first-order valence-corrected chi connectivity index (χ1v) is 47.5. The lowest BCUT2D eigenvalue weighted by molar-refractivity contribution is -0.163. The zero-order chi connectivity index (χ0) is 102. The zero-order valence-electron chi connectivity index (χ0n) is 77.5. The summed E-state index contributed by atoms with van der Waals surface area (Å²) in [6, 6.07) is 55.6. The van der Waals surface area contributed by atoms with Crippen LogP contribution in [0, 0.1) is 0 Å². The molecule has 39 heteroatoms. The van der Waals surface area contributed by atoms with Crippen molar-refractivity contribution in [1.82, 2.24) is 18.2 Å². The van der Waals surface area contributed by atoms with Crippen LogP contribution < -0.4 is 33.7 Å². The third-order valence-electron chi connectivity index (χ3n) is 20.7. The largest absolute Gasteiger partial charge is 0.480 e. The van der Waals surface area contributed by atoms with Gasteiger partial charge >= 0.3 is 53.2 Å². The molecule has 9 aromatic rings. The number of ketones is 3. The van der Waals surface area contributed by atoms with E-state index in [9.17, 15) is 87.9 Å². The van der Waals surface area contributed by atoms with E-state index in [4.69, 9.17) is 57.2 Å². The first-order chi connectivity index (χ1) is 65.3. The Balaban J connectivity index is 0.000000175. The molecule has 0 radical (unpaired) electrons. The van der Waals surface area contributed by atoms with Gasteiger partial charge in [-0.05, 0) is 108 Å². The van der Waals surface area contributed by atoms with Gasteiger partial charge in [-0.3, -0.25) is 28.8 Å². The number of fused-ring (bicyclic) bond motifs is 6. The van der Waals surface area contributed by atoms with Crippen LogP contribution in [0.3, 0.4) is 0 Å². The summed E-state index contributed by atoms with van der Waals surface area (Å²) in [5, 5.41) is 22.0. The number of aliphatic imine (C=N–C) groups is 1. The standard InChI is InChI=1S/C32H29NO10S.C29H25NO10S.C28H21NO10S.C11H24N2O/c1-5-16-40-29(36)23(18-24(34)30(37)43-31(2,3)4)33-28(35)22-17-25-26(19-27(22)44(33,38)39)42-32(41-25,20-12-8-6-9-13-20)21-14-10-7-11-15-21;1-28(2,3)40-27(35)21(31)15-20(26(33)34)30-25(32)19-14-22-23(16-24(19)41(30,36)37)39-29(38-22,17-10-6-4-7-11-17)18-12-8-5-9-13-18;1-2-13-37-27(34)20(15-21(30)26(32)33)29-25(31)19-14-22-23(16-24(19)40(29,35)36)39-28(38-22,17-9-5-3-6-10-17)18-11-7-4-8-12-18;1-8(2)12-10(13-9(3)4)14-11(5,6)7/h5-15,17,19,23H,1,16,18H2,2-4H3;4-14,16,20H,15H2,1-3H3,(H,33,34);2-12,14,16,20H,1,13,15H2,(H,32,33);8-9H,1-7H3,(H,12,13)/t23-;2*20-;/m000./s1. The Bertz CT molecular complexity index is 6620. The maximum atomic E-state index is 13.8. The van der Waals surface area contributed by atoms with Crippen molar-refractivity contribution in [3.63, 3.8) is 0 Å². The quantitative estimate of drug-likeness (QED) is 0.0107. The molecule has 0 aromatic heterocycles. The van der Waals surface area contributed by atoms with E-state index in [2.05, 4.69) is 37.3 Å². The predicted molar refractivity (Wildman–Crippen MR) is 495 cm³/mol. The fourth-order valence-corrected chi connectivity index (χ4v) is 20.0. The lowest BCUT2D eigenvalue weighted by Crippen LogP contribution is -2.47. The molecule has 0 bridgehead atoms. The number of hydrogen-bond donors (Lipinski definition) is 3. The van der Waals surface area contributed by atoms with Crippen molar-refractivity contribution < 1.29 is 145 Å². The number of aliphatic carboxylic acids is 2. The van der Waals surface area contributed by atoms with E-state index >= 15 is 0 Å². The lowest BCUT2D eigenvalue weighted by atomic mass is 9.97. The second-order valence-electron chi connectivity index (χ2n) is 35.3. The topological polar surface area (TPSA) is 483 Å². The van der Waals surface area contributed by atoms with E-state index in [0.29, 0.717) is 45.4 Å². The van der Waals surface area contributed by atoms with Crippen molar-refractivity contribution in [2.24, 2.45) is 4.99 Å². The predicted octanol–water partition coefficient (Wildman–Crippen LogP) is 12.4. The van der Waals surface area contributed by atoms with E-state index in [1.165, 1.54) is 71.9 Å². The monoisotopic (exact) mass is 1960 g/mol. The van der Waals surface area contributed by atoms with Gasteiger partial charge in [0, 0.05) is 63.7 Å². The van der Waals surface area contributed by atoms with E-state index in [-0.39, 0.29) is 89.0 Å². The lowest BCUT2D eigenvalue weighted by Gasteiger charge is -2.28. The Labute approximate surface area is 800 Å². The number of nitrogens with one attached hydrogen (secondary N) is 1. The minimum atomic E-state index is -4.77. The number of nitrogens with zero attached hydrogens (tertiary/aromatic N) is 4.